The first kappa shape index (κ1) is 18.2. The third kappa shape index (κ3) is 5.20. The summed E-state index contributed by atoms with van der Waals surface area (Å²) in [5, 5.41) is 10.8. The van der Waals surface area contributed by atoms with Crippen LogP contribution in [-0.2, 0) is 16.8 Å². The van der Waals surface area contributed by atoms with Crippen molar-refractivity contribution in [2.24, 2.45) is 0 Å². The van der Waals surface area contributed by atoms with Gasteiger partial charge in [-0.2, -0.15) is 5.10 Å². The minimum Gasteiger partial charge on any atom is -0.320 e. The molecule has 1 aromatic carbocycles. The highest BCUT2D eigenvalue weighted by Gasteiger charge is 2.20. The number of nitrogens with one attached hydrogen (secondary N) is 2. The molecule has 130 valence electrons. The minimum absolute atomic E-state index is 0.0277. The molecule has 24 heavy (non-hydrogen) atoms. The van der Waals surface area contributed by atoms with Crippen LogP contribution < -0.4 is 10.6 Å². The van der Waals surface area contributed by atoms with Crippen molar-refractivity contribution in [2.45, 2.75) is 45.6 Å². The monoisotopic (exact) mass is 328 g/mol. The molecule has 0 unspecified atom stereocenters. The summed E-state index contributed by atoms with van der Waals surface area (Å²) in [4.78, 5) is 12.2. The molecule has 0 aliphatic heterocycles. The van der Waals surface area contributed by atoms with Crippen LogP contribution in [0, 0.1) is 0 Å². The molecular formula is C19H28N4O. The van der Waals surface area contributed by atoms with E-state index in [1.165, 1.54) is 0 Å². The summed E-state index contributed by atoms with van der Waals surface area (Å²) < 4.78 is 1.88. The summed E-state index contributed by atoms with van der Waals surface area (Å²) in [6.45, 7) is 7.86. The lowest BCUT2D eigenvalue weighted by Gasteiger charge is -2.14. The SMILES string of the molecule is CNCCCC(=O)Nc1cc(C(C)(C)C)nn1Cc1ccccc1. The first-order chi connectivity index (χ1) is 11.4. The van der Waals surface area contributed by atoms with Crippen molar-refractivity contribution in [3.05, 3.63) is 47.7 Å². The molecule has 0 aliphatic carbocycles. The Balaban J connectivity index is 2.18. The van der Waals surface area contributed by atoms with E-state index in [1.807, 2.05) is 36.0 Å². The number of anilines is 1. The number of carbonyl (C=O) groups excluding carboxylic acids is 1. The number of carbonyl (C=O) groups is 1. The van der Waals surface area contributed by atoms with Crippen molar-refractivity contribution in [1.82, 2.24) is 15.1 Å². The number of benzene rings is 1. The van der Waals surface area contributed by atoms with E-state index in [0.717, 1.165) is 30.0 Å². The van der Waals surface area contributed by atoms with Crippen LogP contribution in [0.3, 0.4) is 0 Å². The van der Waals surface area contributed by atoms with Gasteiger partial charge in [0.1, 0.15) is 5.82 Å². The van der Waals surface area contributed by atoms with Crippen molar-refractivity contribution in [1.29, 1.82) is 0 Å². The van der Waals surface area contributed by atoms with E-state index in [-0.39, 0.29) is 11.3 Å². The van der Waals surface area contributed by atoms with Crippen molar-refractivity contribution in [3.8, 4) is 0 Å². The van der Waals surface area contributed by atoms with Gasteiger partial charge in [0.05, 0.1) is 12.2 Å². The molecule has 2 rings (SSSR count). The fraction of sp³-hybridized carbons (Fsp3) is 0.474. The van der Waals surface area contributed by atoms with Crippen LogP contribution >= 0.6 is 0 Å². The maximum absolute atomic E-state index is 12.2. The van der Waals surface area contributed by atoms with E-state index < -0.39 is 0 Å². The number of aromatic nitrogens is 2. The van der Waals surface area contributed by atoms with E-state index in [2.05, 4.69) is 43.5 Å². The smallest absolute Gasteiger partial charge is 0.225 e. The zero-order chi connectivity index (χ0) is 17.6. The Morgan fingerprint density at radius 3 is 2.54 bits per heavy atom. The topological polar surface area (TPSA) is 59.0 Å². The third-order valence-electron chi connectivity index (χ3n) is 3.82. The van der Waals surface area contributed by atoms with E-state index in [9.17, 15) is 4.79 Å². The normalized spacial score (nSPS) is 11.5. The fourth-order valence-corrected chi connectivity index (χ4v) is 2.39. The first-order valence-electron chi connectivity index (χ1n) is 8.47. The van der Waals surface area contributed by atoms with Gasteiger partial charge in [-0.05, 0) is 25.6 Å². The highest BCUT2D eigenvalue weighted by molar-refractivity contribution is 5.89. The van der Waals surface area contributed by atoms with Gasteiger partial charge in [0.15, 0.2) is 0 Å². The minimum atomic E-state index is -0.0620. The largest absolute Gasteiger partial charge is 0.320 e. The molecule has 0 fully saturated rings. The molecule has 0 aliphatic rings. The lowest BCUT2D eigenvalue weighted by atomic mass is 9.92. The Kier molecular flexibility index (Phi) is 6.15. The Morgan fingerprint density at radius 2 is 1.92 bits per heavy atom. The van der Waals surface area contributed by atoms with Gasteiger partial charge in [-0.25, -0.2) is 4.68 Å². The van der Waals surface area contributed by atoms with E-state index >= 15 is 0 Å². The Hall–Kier alpha value is -2.14. The molecule has 5 heteroatoms. The Morgan fingerprint density at radius 1 is 1.21 bits per heavy atom. The zero-order valence-corrected chi connectivity index (χ0v) is 15.1. The second-order valence-corrected chi connectivity index (χ2v) is 7.06. The van der Waals surface area contributed by atoms with Gasteiger partial charge in [-0.3, -0.25) is 4.79 Å². The quantitative estimate of drug-likeness (QED) is 0.768. The van der Waals surface area contributed by atoms with Crippen molar-refractivity contribution < 1.29 is 4.79 Å². The molecule has 1 aromatic heterocycles. The molecule has 0 spiro atoms. The average Bonchev–Trinajstić information content (AvgIpc) is 2.91. The molecule has 1 amide bonds. The number of nitrogens with zero attached hydrogens (tertiary/aromatic N) is 2. The van der Waals surface area contributed by atoms with Crippen LogP contribution in [0.25, 0.3) is 0 Å². The number of amides is 1. The molecule has 0 saturated heterocycles. The summed E-state index contributed by atoms with van der Waals surface area (Å²) in [5.41, 5.74) is 2.07. The summed E-state index contributed by atoms with van der Waals surface area (Å²) in [7, 11) is 1.89. The van der Waals surface area contributed by atoms with Crippen molar-refractivity contribution in [2.75, 3.05) is 18.9 Å². The Bertz CT molecular complexity index is 656. The number of rotatable bonds is 7. The zero-order valence-electron chi connectivity index (χ0n) is 15.1. The summed E-state index contributed by atoms with van der Waals surface area (Å²) in [6, 6.07) is 12.1. The first-order valence-corrected chi connectivity index (χ1v) is 8.47. The summed E-state index contributed by atoms with van der Waals surface area (Å²) >= 11 is 0. The third-order valence-corrected chi connectivity index (χ3v) is 3.82. The average molecular weight is 328 g/mol. The molecule has 1 heterocycles. The van der Waals surface area contributed by atoms with Crippen LogP contribution in [0.1, 0.15) is 44.9 Å². The molecule has 5 nitrogen and oxygen atoms in total. The molecular weight excluding hydrogens is 300 g/mol. The predicted molar refractivity (Wildman–Crippen MR) is 98.3 cm³/mol. The molecule has 2 N–H and O–H groups in total. The lowest BCUT2D eigenvalue weighted by Crippen LogP contribution is -2.18. The molecule has 0 bridgehead atoms. The molecule has 2 aromatic rings. The van der Waals surface area contributed by atoms with Crippen molar-refractivity contribution in [3.63, 3.8) is 0 Å². The van der Waals surface area contributed by atoms with Gasteiger partial charge in [0.2, 0.25) is 5.91 Å². The van der Waals surface area contributed by atoms with Gasteiger partial charge >= 0.3 is 0 Å². The van der Waals surface area contributed by atoms with E-state index in [1.54, 1.807) is 0 Å². The second-order valence-electron chi connectivity index (χ2n) is 7.06. The van der Waals surface area contributed by atoms with Crippen LogP contribution in [0.15, 0.2) is 36.4 Å². The van der Waals surface area contributed by atoms with Gasteiger partial charge < -0.3 is 10.6 Å². The van der Waals surface area contributed by atoms with E-state index in [4.69, 9.17) is 5.10 Å². The van der Waals surface area contributed by atoms with Crippen molar-refractivity contribution >= 4 is 11.7 Å². The highest BCUT2D eigenvalue weighted by atomic mass is 16.1. The van der Waals surface area contributed by atoms with Crippen LogP contribution in [0.5, 0.6) is 0 Å². The van der Waals surface area contributed by atoms with Gasteiger partial charge in [0, 0.05) is 17.9 Å². The standard InChI is InChI=1S/C19H28N4O/c1-19(2,3)16-13-17(21-18(24)11-8-12-20-4)23(22-16)14-15-9-6-5-7-10-15/h5-7,9-10,13,20H,8,11-12,14H2,1-4H3,(H,21,24). The summed E-state index contributed by atoms with van der Waals surface area (Å²) in [5.74, 6) is 0.790. The highest BCUT2D eigenvalue weighted by Crippen LogP contribution is 2.24. The summed E-state index contributed by atoms with van der Waals surface area (Å²) in [6.07, 6.45) is 1.32. The maximum Gasteiger partial charge on any atom is 0.225 e. The number of hydrogen-bond acceptors (Lipinski definition) is 3. The lowest BCUT2D eigenvalue weighted by molar-refractivity contribution is -0.116. The van der Waals surface area contributed by atoms with Crippen LogP contribution in [0.2, 0.25) is 0 Å². The maximum atomic E-state index is 12.2. The second kappa shape index (κ2) is 8.11. The fourth-order valence-electron chi connectivity index (χ4n) is 2.39. The van der Waals surface area contributed by atoms with Gasteiger partial charge in [-0.15, -0.1) is 0 Å². The number of hydrogen-bond donors (Lipinski definition) is 2. The van der Waals surface area contributed by atoms with Gasteiger partial charge in [-0.1, -0.05) is 51.1 Å². The van der Waals surface area contributed by atoms with Gasteiger partial charge in [0.25, 0.3) is 0 Å². The van der Waals surface area contributed by atoms with E-state index in [0.29, 0.717) is 13.0 Å². The Labute approximate surface area is 144 Å². The predicted octanol–water partition coefficient (Wildman–Crippen LogP) is 3.17. The van der Waals surface area contributed by atoms with Crippen LogP contribution in [-0.4, -0.2) is 29.3 Å². The van der Waals surface area contributed by atoms with Crippen LogP contribution in [0.4, 0.5) is 5.82 Å². The molecule has 0 saturated carbocycles. The molecule has 0 atom stereocenters. The molecule has 0 radical (unpaired) electrons.